The van der Waals surface area contributed by atoms with E-state index in [4.69, 9.17) is 0 Å². The number of ether oxygens (including phenoxy) is 1. The number of rotatable bonds is 4. The second-order valence-corrected chi connectivity index (χ2v) is 6.43. The summed E-state index contributed by atoms with van der Waals surface area (Å²) in [6.45, 7) is 1.67. The van der Waals surface area contributed by atoms with E-state index >= 15 is 0 Å². The van der Waals surface area contributed by atoms with E-state index in [0.29, 0.717) is 0 Å². The normalized spacial score (nSPS) is 19.6. The van der Waals surface area contributed by atoms with Crippen LogP contribution in [0, 0.1) is 0 Å². The van der Waals surface area contributed by atoms with Gasteiger partial charge >= 0.3 is 6.36 Å². The summed E-state index contributed by atoms with van der Waals surface area (Å²) in [5.74, 6) is -0.725. The third kappa shape index (κ3) is 4.20. The molecular formula is C17H21F3N2O2. The van der Waals surface area contributed by atoms with E-state index in [9.17, 15) is 18.0 Å². The fourth-order valence-electron chi connectivity index (χ4n) is 3.16. The van der Waals surface area contributed by atoms with Crippen molar-refractivity contribution < 1.29 is 22.7 Å². The van der Waals surface area contributed by atoms with Gasteiger partial charge in [-0.15, -0.1) is 13.2 Å². The summed E-state index contributed by atoms with van der Waals surface area (Å²) < 4.78 is 42.3. The van der Waals surface area contributed by atoms with Gasteiger partial charge < -0.3 is 15.4 Å². The molecule has 1 aromatic rings. The van der Waals surface area contributed by atoms with Gasteiger partial charge in [-0.25, -0.2) is 0 Å². The lowest BCUT2D eigenvalue weighted by molar-refractivity contribution is -0.274. The Morgan fingerprint density at radius 1 is 1.17 bits per heavy atom. The summed E-state index contributed by atoms with van der Waals surface area (Å²) >= 11 is 0. The maximum absolute atomic E-state index is 12.7. The second-order valence-electron chi connectivity index (χ2n) is 6.43. The predicted molar refractivity (Wildman–Crippen MR) is 83.1 cm³/mol. The third-order valence-corrected chi connectivity index (χ3v) is 4.73. The minimum atomic E-state index is -4.82. The van der Waals surface area contributed by atoms with E-state index in [1.54, 1.807) is 6.07 Å². The van der Waals surface area contributed by atoms with Crippen LogP contribution in [0.4, 0.5) is 13.2 Å². The molecule has 2 N–H and O–H groups in total. The van der Waals surface area contributed by atoms with Crippen LogP contribution in [-0.2, 0) is 0 Å². The van der Waals surface area contributed by atoms with Crippen LogP contribution in [-0.4, -0.2) is 31.4 Å². The Morgan fingerprint density at radius 2 is 1.88 bits per heavy atom. The number of piperidine rings is 1. The first-order valence-electron chi connectivity index (χ1n) is 8.33. The molecule has 132 valence electrons. The minimum absolute atomic E-state index is 0.0559. The lowest BCUT2D eigenvalue weighted by Crippen LogP contribution is -2.39. The Hall–Kier alpha value is -1.76. The van der Waals surface area contributed by atoms with Gasteiger partial charge in [-0.2, -0.15) is 0 Å². The highest BCUT2D eigenvalue weighted by Crippen LogP contribution is 2.33. The van der Waals surface area contributed by atoms with Crippen molar-refractivity contribution in [3.8, 4) is 5.75 Å². The van der Waals surface area contributed by atoms with Gasteiger partial charge in [-0.3, -0.25) is 4.79 Å². The Labute approximate surface area is 138 Å². The molecular weight excluding hydrogens is 321 g/mol. The van der Waals surface area contributed by atoms with E-state index in [1.165, 1.54) is 12.1 Å². The first-order chi connectivity index (χ1) is 11.4. The molecule has 24 heavy (non-hydrogen) atoms. The molecule has 7 heteroatoms. The van der Waals surface area contributed by atoms with E-state index in [-0.39, 0.29) is 17.5 Å². The summed E-state index contributed by atoms with van der Waals surface area (Å²) in [6.07, 6.45) is -0.329. The van der Waals surface area contributed by atoms with Gasteiger partial charge in [-0.05, 0) is 68.8 Å². The van der Waals surface area contributed by atoms with Crippen molar-refractivity contribution in [3.63, 3.8) is 0 Å². The SMILES string of the molecule is O=C(NC1CCC1)c1ccc(C2CCNCC2)cc1OC(F)(F)F. The van der Waals surface area contributed by atoms with Crippen LogP contribution >= 0.6 is 0 Å². The first-order valence-corrected chi connectivity index (χ1v) is 8.33. The summed E-state index contributed by atoms with van der Waals surface area (Å²) in [6, 6.07) is 4.63. The van der Waals surface area contributed by atoms with Gasteiger partial charge in [0.1, 0.15) is 5.75 Å². The number of carbonyl (C=O) groups excluding carboxylic acids is 1. The Kier molecular flexibility index (Phi) is 4.99. The highest BCUT2D eigenvalue weighted by Gasteiger charge is 2.34. The number of carbonyl (C=O) groups is 1. The molecule has 2 fully saturated rings. The molecule has 1 amide bonds. The summed E-state index contributed by atoms with van der Waals surface area (Å²) in [7, 11) is 0. The fourth-order valence-corrected chi connectivity index (χ4v) is 3.16. The van der Waals surface area contributed by atoms with Crippen molar-refractivity contribution in [2.24, 2.45) is 0 Å². The van der Waals surface area contributed by atoms with Gasteiger partial charge in [0.05, 0.1) is 5.56 Å². The van der Waals surface area contributed by atoms with Gasteiger partial charge in [0, 0.05) is 6.04 Å². The number of hydrogen-bond donors (Lipinski definition) is 2. The van der Waals surface area contributed by atoms with E-state index in [1.807, 2.05) is 0 Å². The van der Waals surface area contributed by atoms with Gasteiger partial charge in [-0.1, -0.05) is 6.07 Å². The summed E-state index contributed by atoms with van der Waals surface area (Å²) in [5.41, 5.74) is 0.729. The van der Waals surface area contributed by atoms with Crippen molar-refractivity contribution in [2.45, 2.75) is 50.4 Å². The lowest BCUT2D eigenvalue weighted by atomic mass is 9.89. The molecule has 1 saturated heterocycles. The maximum Gasteiger partial charge on any atom is 0.573 e. The zero-order valence-electron chi connectivity index (χ0n) is 13.3. The van der Waals surface area contributed by atoms with Gasteiger partial charge in [0.2, 0.25) is 0 Å². The van der Waals surface area contributed by atoms with Crippen LogP contribution in [0.25, 0.3) is 0 Å². The van der Waals surface area contributed by atoms with Crippen molar-refractivity contribution in [1.29, 1.82) is 0 Å². The van der Waals surface area contributed by atoms with Gasteiger partial charge in [0.15, 0.2) is 0 Å². The molecule has 0 radical (unpaired) electrons. The minimum Gasteiger partial charge on any atom is -0.405 e. The van der Waals surface area contributed by atoms with Crippen LogP contribution in [0.5, 0.6) is 5.75 Å². The van der Waals surface area contributed by atoms with Crippen molar-refractivity contribution >= 4 is 5.91 Å². The zero-order valence-corrected chi connectivity index (χ0v) is 13.3. The van der Waals surface area contributed by atoms with Crippen LogP contribution < -0.4 is 15.4 Å². The summed E-state index contributed by atoms with van der Waals surface area (Å²) in [5, 5.41) is 5.99. The number of amides is 1. The molecule has 0 bridgehead atoms. The van der Waals surface area contributed by atoms with E-state index in [0.717, 1.165) is 50.8 Å². The summed E-state index contributed by atoms with van der Waals surface area (Å²) in [4.78, 5) is 12.3. The fraction of sp³-hybridized carbons (Fsp3) is 0.588. The number of hydrogen-bond acceptors (Lipinski definition) is 3. The third-order valence-electron chi connectivity index (χ3n) is 4.73. The second kappa shape index (κ2) is 7.01. The predicted octanol–water partition coefficient (Wildman–Crippen LogP) is 3.33. The van der Waals surface area contributed by atoms with E-state index in [2.05, 4.69) is 15.4 Å². The number of benzene rings is 1. The molecule has 4 nitrogen and oxygen atoms in total. The number of alkyl halides is 3. The molecule has 3 rings (SSSR count). The molecule has 0 aromatic heterocycles. The van der Waals surface area contributed by atoms with Crippen LogP contribution in [0.3, 0.4) is 0 Å². The Balaban J connectivity index is 1.84. The molecule has 1 aromatic carbocycles. The molecule has 0 atom stereocenters. The number of nitrogens with one attached hydrogen (secondary N) is 2. The highest BCUT2D eigenvalue weighted by atomic mass is 19.4. The largest absolute Gasteiger partial charge is 0.573 e. The smallest absolute Gasteiger partial charge is 0.405 e. The standard InChI is InChI=1S/C17H21F3N2O2/c18-17(19,20)24-15-10-12(11-6-8-21-9-7-11)4-5-14(15)16(23)22-13-2-1-3-13/h4-5,10-11,13,21H,1-3,6-9H2,(H,22,23). The lowest BCUT2D eigenvalue weighted by Gasteiger charge is -2.27. The zero-order chi connectivity index (χ0) is 17.2. The molecule has 0 spiro atoms. The van der Waals surface area contributed by atoms with Gasteiger partial charge in [0.25, 0.3) is 5.91 Å². The average molecular weight is 342 g/mol. The van der Waals surface area contributed by atoms with Crippen LogP contribution in [0.1, 0.15) is 53.9 Å². The molecule has 1 aliphatic carbocycles. The van der Waals surface area contributed by atoms with Crippen molar-refractivity contribution in [3.05, 3.63) is 29.3 Å². The van der Waals surface area contributed by atoms with Crippen LogP contribution in [0.15, 0.2) is 18.2 Å². The Morgan fingerprint density at radius 3 is 2.46 bits per heavy atom. The molecule has 1 aliphatic heterocycles. The van der Waals surface area contributed by atoms with Crippen molar-refractivity contribution in [1.82, 2.24) is 10.6 Å². The first kappa shape index (κ1) is 17.1. The maximum atomic E-state index is 12.7. The monoisotopic (exact) mass is 342 g/mol. The topological polar surface area (TPSA) is 50.4 Å². The van der Waals surface area contributed by atoms with Crippen molar-refractivity contribution in [2.75, 3.05) is 13.1 Å². The van der Waals surface area contributed by atoms with Crippen LogP contribution in [0.2, 0.25) is 0 Å². The highest BCUT2D eigenvalue weighted by molar-refractivity contribution is 5.97. The molecule has 1 heterocycles. The molecule has 0 unspecified atom stereocenters. The van der Waals surface area contributed by atoms with E-state index < -0.39 is 18.0 Å². The molecule has 1 saturated carbocycles. The quantitative estimate of drug-likeness (QED) is 0.882. The number of halogens is 3. The molecule has 2 aliphatic rings. The Bertz CT molecular complexity index is 594. The average Bonchev–Trinajstić information content (AvgIpc) is 2.50.